The van der Waals surface area contributed by atoms with Crippen LogP contribution in [0.4, 0.5) is 5.69 Å². The molecule has 0 aliphatic heterocycles. The summed E-state index contributed by atoms with van der Waals surface area (Å²) in [5, 5.41) is 3.66. The molecule has 8 nitrogen and oxygen atoms in total. The van der Waals surface area contributed by atoms with E-state index in [2.05, 4.69) is 5.32 Å². The van der Waals surface area contributed by atoms with Crippen LogP contribution in [0.3, 0.4) is 0 Å². The van der Waals surface area contributed by atoms with Crippen LogP contribution in [0.25, 0.3) is 0 Å². The van der Waals surface area contributed by atoms with Crippen LogP contribution < -0.4 is 14.4 Å². The molecule has 3 rings (SSSR count). The van der Waals surface area contributed by atoms with Gasteiger partial charge in [0.1, 0.15) is 18.3 Å². The van der Waals surface area contributed by atoms with Crippen molar-refractivity contribution in [1.29, 1.82) is 0 Å². The summed E-state index contributed by atoms with van der Waals surface area (Å²) in [7, 11) is -4.18. The monoisotopic (exact) mass is 633 g/mol. The number of rotatable bonds is 13. The van der Waals surface area contributed by atoms with Crippen LogP contribution in [0.5, 0.6) is 5.75 Å². The molecule has 0 saturated heterocycles. The van der Waals surface area contributed by atoms with Gasteiger partial charge in [-0.05, 0) is 88.2 Å². The third-order valence-electron chi connectivity index (χ3n) is 6.85. The number of carbonyl (C=O) groups excluding carboxylic acids is 2. The molecule has 0 aliphatic carbocycles. The lowest BCUT2D eigenvalue weighted by molar-refractivity contribution is -0.139. The Bertz CT molecular complexity index is 1480. The number of amides is 2. The van der Waals surface area contributed by atoms with Crippen molar-refractivity contribution in [3.05, 3.63) is 87.9 Å². The highest BCUT2D eigenvalue weighted by molar-refractivity contribution is 7.92. The van der Waals surface area contributed by atoms with Gasteiger partial charge >= 0.3 is 0 Å². The summed E-state index contributed by atoms with van der Waals surface area (Å²) in [5.74, 6) is -0.385. The first-order valence-corrected chi connectivity index (χ1v) is 15.9. The minimum atomic E-state index is -4.18. The van der Waals surface area contributed by atoms with Crippen molar-refractivity contribution in [3.8, 4) is 5.75 Å². The number of ether oxygens (including phenoxy) is 1. The van der Waals surface area contributed by atoms with Gasteiger partial charge < -0.3 is 15.0 Å². The first-order valence-electron chi connectivity index (χ1n) is 13.7. The number of benzene rings is 3. The summed E-state index contributed by atoms with van der Waals surface area (Å²) in [5.41, 5.74) is 1.73. The lowest BCUT2D eigenvalue weighted by Crippen LogP contribution is -2.52. The number of hydrogen-bond donors (Lipinski definition) is 1. The molecule has 0 aliphatic rings. The molecule has 1 N–H and O–H groups in total. The number of nitrogens with one attached hydrogen (secondary N) is 1. The van der Waals surface area contributed by atoms with Gasteiger partial charge in [-0.3, -0.25) is 13.9 Å². The summed E-state index contributed by atoms with van der Waals surface area (Å²) >= 11 is 12.5. The molecule has 226 valence electrons. The van der Waals surface area contributed by atoms with Crippen LogP contribution in [0.1, 0.15) is 45.2 Å². The molecule has 0 fully saturated rings. The summed E-state index contributed by atoms with van der Waals surface area (Å²) in [4.78, 5) is 28.6. The Hall–Kier alpha value is -3.27. The normalized spacial score (nSPS) is 12.7. The number of nitrogens with zero attached hydrogens (tertiary/aromatic N) is 2. The molecule has 3 aromatic rings. The Morgan fingerprint density at radius 1 is 0.952 bits per heavy atom. The van der Waals surface area contributed by atoms with E-state index in [1.54, 1.807) is 61.5 Å². The number of carbonyl (C=O) groups is 2. The molecule has 0 radical (unpaired) electrons. The average molecular weight is 635 g/mol. The van der Waals surface area contributed by atoms with Gasteiger partial charge in [0, 0.05) is 22.6 Å². The lowest BCUT2D eigenvalue weighted by Gasteiger charge is -2.32. The minimum Gasteiger partial charge on any atom is -0.494 e. The fraction of sp³-hybridized carbons (Fsp3) is 0.355. The predicted octanol–water partition coefficient (Wildman–Crippen LogP) is 6.23. The molecular weight excluding hydrogens is 597 g/mol. The molecule has 3 aromatic carbocycles. The summed E-state index contributed by atoms with van der Waals surface area (Å²) in [6, 6.07) is 16.7. The molecule has 0 bridgehead atoms. The molecule has 2 amide bonds. The second-order valence-electron chi connectivity index (χ2n) is 10.0. The van der Waals surface area contributed by atoms with Gasteiger partial charge in [0.05, 0.1) is 17.2 Å². The number of aryl methyl sites for hydroxylation is 1. The Labute approximate surface area is 258 Å². The highest BCUT2D eigenvalue weighted by Crippen LogP contribution is 2.28. The molecular formula is C31H37Cl2N3O5S. The van der Waals surface area contributed by atoms with Gasteiger partial charge in [0.15, 0.2) is 0 Å². The maximum absolute atomic E-state index is 14.1. The zero-order chi connectivity index (χ0) is 31.0. The van der Waals surface area contributed by atoms with Gasteiger partial charge in [-0.15, -0.1) is 0 Å². The molecule has 0 saturated carbocycles. The van der Waals surface area contributed by atoms with Crippen LogP contribution in [-0.2, 0) is 26.2 Å². The maximum Gasteiger partial charge on any atom is 0.264 e. The van der Waals surface area contributed by atoms with Crippen molar-refractivity contribution < 1.29 is 22.7 Å². The Morgan fingerprint density at radius 2 is 1.60 bits per heavy atom. The first-order chi connectivity index (χ1) is 19.9. The fourth-order valence-corrected chi connectivity index (χ4v) is 6.01. The van der Waals surface area contributed by atoms with Crippen molar-refractivity contribution >= 4 is 50.7 Å². The van der Waals surface area contributed by atoms with Crippen LogP contribution in [0.2, 0.25) is 10.0 Å². The standard InChI is InChI=1S/C31H37Cl2N3O5S/c1-6-22(4)34-31(38)23(5)35(19-24-10-11-25(32)18-29(24)33)30(37)20-36(26-12-14-27(15-13-26)41-7-2)42(39,40)28-16-8-21(3)9-17-28/h8-18,22-23H,6-7,19-20H2,1-5H3,(H,34,38). The second-order valence-corrected chi connectivity index (χ2v) is 12.7. The number of sulfonamides is 1. The zero-order valence-corrected chi connectivity index (χ0v) is 26.8. The van der Waals surface area contributed by atoms with E-state index in [0.29, 0.717) is 34.4 Å². The van der Waals surface area contributed by atoms with E-state index >= 15 is 0 Å². The average Bonchev–Trinajstić information content (AvgIpc) is 2.95. The molecule has 42 heavy (non-hydrogen) atoms. The molecule has 2 atom stereocenters. The largest absolute Gasteiger partial charge is 0.494 e. The number of anilines is 1. The Balaban J connectivity index is 2.05. The van der Waals surface area contributed by atoms with E-state index in [9.17, 15) is 18.0 Å². The topological polar surface area (TPSA) is 96.0 Å². The van der Waals surface area contributed by atoms with Crippen LogP contribution in [0.15, 0.2) is 71.6 Å². The van der Waals surface area contributed by atoms with E-state index in [0.717, 1.165) is 9.87 Å². The molecule has 2 unspecified atom stereocenters. The first kappa shape index (κ1) is 33.2. The molecule has 11 heteroatoms. The van der Waals surface area contributed by atoms with Crippen molar-refractivity contribution in [3.63, 3.8) is 0 Å². The van der Waals surface area contributed by atoms with Gasteiger partial charge in [0.2, 0.25) is 11.8 Å². The van der Waals surface area contributed by atoms with E-state index in [1.807, 2.05) is 27.7 Å². The number of hydrogen-bond acceptors (Lipinski definition) is 5. The van der Waals surface area contributed by atoms with Crippen molar-refractivity contribution in [2.75, 3.05) is 17.5 Å². The summed E-state index contributed by atoms with van der Waals surface area (Å²) in [6.07, 6.45) is 0.704. The maximum atomic E-state index is 14.1. The third-order valence-corrected chi connectivity index (χ3v) is 9.22. The molecule has 0 heterocycles. The van der Waals surface area contributed by atoms with E-state index < -0.39 is 28.5 Å². The smallest absolute Gasteiger partial charge is 0.264 e. The lowest BCUT2D eigenvalue weighted by atomic mass is 10.1. The summed E-state index contributed by atoms with van der Waals surface area (Å²) in [6.45, 7) is 8.97. The fourth-order valence-electron chi connectivity index (χ4n) is 4.12. The highest BCUT2D eigenvalue weighted by Gasteiger charge is 2.33. The van der Waals surface area contributed by atoms with Crippen molar-refractivity contribution in [2.24, 2.45) is 0 Å². The van der Waals surface area contributed by atoms with Crippen LogP contribution in [0, 0.1) is 6.92 Å². The number of halogens is 2. The quantitative estimate of drug-likeness (QED) is 0.241. The van der Waals surface area contributed by atoms with Crippen LogP contribution in [-0.4, -0.2) is 50.4 Å². The Morgan fingerprint density at radius 3 is 2.17 bits per heavy atom. The van der Waals surface area contributed by atoms with E-state index in [4.69, 9.17) is 27.9 Å². The Kier molecular flexibility index (Phi) is 11.7. The highest BCUT2D eigenvalue weighted by atomic mass is 35.5. The molecule has 0 spiro atoms. The minimum absolute atomic E-state index is 0.0321. The molecule has 0 aromatic heterocycles. The van der Waals surface area contributed by atoms with Crippen LogP contribution >= 0.6 is 23.2 Å². The van der Waals surface area contributed by atoms with E-state index in [-0.39, 0.29) is 29.1 Å². The van der Waals surface area contributed by atoms with Gasteiger partial charge in [0.25, 0.3) is 10.0 Å². The van der Waals surface area contributed by atoms with Gasteiger partial charge in [-0.1, -0.05) is 53.9 Å². The predicted molar refractivity (Wildman–Crippen MR) is 168 cm³/mol. The van der Waals surface area contributed by atoms with Crippen molar-refractivity contribution in [2.45, 2.75) is 64.6 Å². The SMILES string of the molecule is CCOc1ccc(N(CC(=O)N(Cc2ccc(Cl)cc2Cl)C(C)C(=O)NC(C)CC)S(=O)(=O)c2ccc(C)cc2)cc1. The van der Waals surface area contributed by atoms with Crippen molar-refractivity contribution in [1.82, 2.24) is 10.2 Å². The van der Waals surface area contributed by atoms with E-state index in [1.165, 1.54) is 17.0 Å². The second kappa shape index (κ2) is 14.8. The third kappa shape index (κ3) is 8.40. The van der Waals surface area contributed by atoms with Gasteiger partial charge in [-0.2, -0.15) is 0 Å². The summed E-state index contributed by atoms with van der Waals surface area (Å²) < 4.78 is 34.5. The van der Waals surface area contributed by atoms with Gasteiger partial charge in [-0.25, -0.2) is 8.42 Å². The zero-order valence-electron chi connectivity index (χ0n) is 24.4.